The molecule has 3 unspecified atom stereocenters. The van der Waals surface area contributed by atoms with Crippen molar-refractivity contribution in [3.63, 3.8) is 0 Å². The van der Waals surface area contributed by atoms with Crippen LogP contribution in [0.2, 0.25) is 0 Å². The molecule has 1 heterocycles. The van der Waals surface area contributed by atoms with Gasteiger partial charge in [0.2, 0.25) is 0 Å². The first-order valence-electron chi connectivity index (χ1n) is 3.23. The summed E-state index contributed by atoms with van der Waals surface area (Å²) < 4.78 is 0. The highest BCUT2D eigenvalue weighted by molar-refractivity contribution is 5.02. The van der Waals surface area contributed by atoms with E-state index in [1.54, 1.807) is 11.1 Å². The monoisotopic (exact) mass is 138 g/mol. The normalized spacial score (nSPS) is 32.4. The Bertz CT molecular complexity index is 173. The third-order valence-electron chi connectivity index (χ3n) is 1.35. The summed E-state index contributed by atoms with van der Waals surface area (Å²) in [6.45, 7) is 6.18. The summed E-state index contributed by atoms with van der Waals surface area (Å²) in [7, 11) is 0. The van der Waals surface area contributed by atoms with E-state index in [4.69, 9.17) is 10.1 Å². The minimum Gasteiger partial charge on any atom is -0.290 e. The molecule has 0 saturated carbocycles. The number of hydroxylamine groups is 2. The molecule has 0 aromatic carbocycles. The van der Waals surface area contributed by atoms with Crippen LogP contribution in [0.3, 0.4) is 0 Å². The van der Waals surface area contributed by atoms with Gasteiger partial charge in [0, 0.05) is 0 Å². The molecule has 1 fully saturated rings. The lowest BCUT2D eigenvalue weighted by atomic mass is 10.4. The van der Waals surface area contributed by atoms with Crippen molar-refractivity contribution in [2.24, 2.45) is 0 Å². The Hall–Kier alpha value is -0.850. The average Bonchev–Trinajstić information content (AvgIpc) is 2.67. The van der Waals surface area contributed by atoms with E-state index in [0.29, 0.717) is 0 Å². The maximum atomic E-state index is 8.36. The van der Waals surface area contributed by atoms with Gasteiger partial charge in [-0.1, -0.05) is 6.08 Å². The fourth-order valence-corrected chi connectivity index (χ4v) is 0.602. The van der Waals surface area contributed by atoms with Gasteiger partial charge in [0.25, 0.3) is 0 Å². The Balaban J connectivity index is 2.18. The van der Waals surface area contributed by atoms with Crippen molar-refractivity contribution in [3.05, 3.63) is 12.7 Å². The van der Waals surface area contributed by atoms with Crippen molar-refractivity contribution in [2.75, 3.05) is 6.54 Å². The predicted molar refractivity (Wildman–Crippen MR) is 36.9 cm³/mol. The van der Waals surface area contributed by atoms with Crippen LogP contribution >= 0.6 is 0 Å². The molecule has 0 amide bonds. The molecule has 0 radical (unpaired) electrons. The molecule has 0 spiro atoms. The van der Waals surface area contributed by atoms with E-state index in [1.807, 2.05) is 6.92 Å². The summed E-state index contributed by atoms with van der Waals surface area (Å²) >= 11 is 0. The second-order valence-electron chi connectivity index (χ2n) is 2.29. The first-order chi connectivity index (χ1) is 4.77. The van der Waals surface area contributed by atoms with Gasteiger partial charge >= 0.3 is 0 Å². The molecule has 0 N–H and O–H groups in total. The molecule has 3 atom stereocenters. The Morgan fingerprint density at radius 3 is 3.10 bits per heavy atom. The zero-order chi connectivity index (χ0) is 7.56. The van der Waals surface area contributed by atoms with Gasteiger partial charge < -0.3 is 0 Å². The molecule has 0 aromatic rings. The van der Waals surface area contributed by atoms with E-state index in [1.165, 1.54) is 0 Å². The first-order valence-corrected chi connectivity index (χ1v) is 3.23. The molecule has 1 rings (SSSR count). The fraction of sp³-hybridized carbons (Fsp3) is 0.571. The Kier molecular flexibility index (Phi) is 2.05. The van der Waals surface area contributed by atoms with Gasteiger partial charge in [-0.15, -0.1) is 6.58 Å². The van der Waals surface area contributed by atoms with Crippen LogP contribution in [-0.4, -0.2) is 23.8 Å². The van der Waals surface area contributed by atoms with E-state index >= 15 is 0 Å². The van der Waals surface area contributed by atoms with Crippen LogP contribution in [0.5, 0.6) is 0 Å². The number of nitriles is 1. The summed E-state index contributed by atoms with van der Waals surface area (Å²) in [5.41, 5.74) is 0. The van der Waals surface area contributed by atoms with E-state index in [9.17, 15) is 0 Å². The maximum Gasteiger partial charge on any atom is 0.137 e. The Morgan fingerprint density at radius 2 is 2.70 bits per heavy atom. The minimum absolute atomic E-state index is 0.0124. The molecule has 10 heavy (non-hydrogen) atoms. The van der Waals surface area contributed by atoms with E-state index in [-0.39, 0.29) is 12.1 Å². The van der Waals surface area contributed by atoms with Crippen LogP contribution in [0.4, 0.5) is 0 Å². The lowest BCUT2D eigenvalue weighted by Crippen LogP contribution is -2.10. The van der Waals surface area contributed by atoms with Crippen LogP contribution in [0.25, 0.3) is 0 Å². The smallest absolute Gasteiger partial charge is 0.137 e. The molecule has 0 aromatic heterocycles. The summed E-state index contributed by atoms with van der Waals surface area (Å²) in [4.78, 5) is 5.21. The summed E-state index contributed by atoms with van der Waals surface area (Å²) in [5.74, 6) is 0. The quantitative estimate of drug-likeness (QED) is 0.425. The van der Waals surface area contributed by atoms with Crippen molar-refractivity contribution in [1.82, 2.24) is 5.06 Å². The SMILES string of the molecule is C=CC(C)ON1CC1C#N. The molecule has 0 aliphatic carbocycles. The molecule has 54 valence electrons. The van der Waals surface area contributed by atoms with Crippen LogP contribution in [0, 0.1) is 11.3 Å². The number of nitrogens with zero attached hydrogens (tertiary/aromatic N) is 2. The van der Waals surface area contributed by atoms with Crippen LogP contribution in [0.1, 0.15) is 6.92 Å². The summed E-state index contributed by atoms with van der Waals surface area (Å²) in [6.07, 6.45) is 1.71. The molecular formula is C7H10N2O. The molecule has 1 aliphatic rings. The summed E-state index contributed by atoms with van der Waals surface area (Å²) in [5, 5.41) is 10.0. The Labute approximate surface area is 60.5 Å². The lowest BCUT2D eigenvalue weighted by molar-refractivity contribution is -0.0956. The summed E-state index contributed by atoms with van der Waals surface area (Å²) in [6, 6.07) is 2.06. The maximum absolute atomic E-state index is 8.36. The largest absolute Gasteiger partial charge is 0.290 e. The molecule has 3 nitrogen and oxygen atoms in total. The number of rotatable bonds is 3. The van der Waals surface area contributed by atoms with Crippen molar-refractivity contribution in [3.8, 4) is 6.07 Å². The van der Waals surface area contributed by atoms with Crippen molar-refractivity contribution in [2.45, 2.75) is 19.1 Å². The average molecular weight is 138 g/mol. The van der Waals surface area contributed by atoms with Crippen LogP contribution in [-0.2, 0) is 4.84 Å². The molecule has 0 bridgehead atoms. The Morgan fingerprint density at radius 1 is 2.00 bits per heavy atom. The van der Waals surface area contributed by atoms with E-state index in [2.05, 4.69) is 12.6 Å². The van der Waals surface area contributed by atoms with Gasteiger partial charge in [-0.2, -0.15) is 10.3 Å². The third kappa shape index (κ3) is 1.56. The molecule has 1 saturated heterocycles. The van der Waals surface area contributed by atoms with Gasteiger partial charge in [-0.05, 0) is 6.92 Å². The van der Waals surface area contributed by atoms with Crippen molar-refractivity contribution in [1.29, 1.82) is 5.26 Å². The predicted octanol–water partition coefficient (Wildman–Crippen LogP) is 0.700. The molecule has 1 aliphatic heterocycles. The number of hydrogen-bond donors (Lipinski definition) is 0. The molecular weight excluding hydrogens is 128 g/mol. The highest BCUT2D eigenvalue weighted by Gasteiger charge is 2.36. The lowest BCUT2D eigenvalue weighted by Gasteiger charge is -2.06. The van der Waals surface area contributed by atoms with Gasteiger partial charge in [0.1, 0.15) is 6.04 Å². The zero-order valence-corrected chi connectivity index (χ0v) is 5.95. The second kappa shape index (κ2) is 2.82. The first kappa shape index (κ1) is 7.26. The van der Waals surface area contributed by atoms with Crippen LogP contribution < -0.4 is 0 Å². The van der Waals surface area contributed by atoms with Crippen LogP contribution in [0.15, 0.2) is 12.7 Å². The molecule has 3 heteroatoms. The van der Waals surface area contributed by atoms with Gasteiger partial charge in [-0.25, -0.2) is 0 Å². The van der Waals surface area contributed by atoms with Crippen molar-refractivity contribution >= 4 is 0 Å². The zero-order valence-electron chi connectivity index (χ0n) is 5.95. The van der Waals surface area contributed by atoms with Gasteiger partial charge in [-0.3, -0.25) is 4.84 Å². The van der Waals surface area contributed by atoms with E-state index < -0.39 is 0 Å². The van der Waals surface area contributed by atoms with E-state index in [0.717, 1.165) is 6.54 Å². The topological polar surface area (TPSA) is 36.0 Å². The third-order valence-corrected chi connectivity index (χ3v) is 1.35. The van der Waals surface area contributed by atoms with Gasteiger partial charge in [0.15, 0.2) is 0 Å². The fourth-order valence-electron chi connectivity index (χ4n) is 0.602. The minimum atomic E-state index is -0.0256. The number of hydrogen-bond acceptors (Lipinski definition) is 3. The second-order valence-corrected chi connectivity index (χ2v) is 2.29. The highest BCUT2D eigenvalue weighted by Crippen LogP contribution is 2.17. The van der Waals surface area contributed by atoms with Gasteiger partial charge in [0.05, 0.1) is 18.7 Å². The highest BCUT2D eigenvalue weighted by atomic mass is 16.7. The standard InChI is InChI=1S/C7H10N2O/c1-3-6(2)10-9-5-7(9)4-8/h3,6-7H,1,5H2,2H3. The van der Waals surface area contributed by atoms with Crippen molar-refractivity contribution < 1.29 is 4.84 Å².